The molecule has 0 saturated heterocycles. The van der Waals surface area contributed by atoms with E-state index in [9.17, 15) is 5.26 Å². The molecule has 1 aromatic heterocycles. The van der Waals surface area contributed by atoms with Crippen molar-refractivity contribution in [1.29, 1.82) is 5.26 Å². The van der Waals surface area contributed by atoms with Crippen LogP contribution in [0.5, 0.6) is 0 Å². The molecule has 2 N–H and O–H groups in total. The number of fused-ring (bicyclic) bond motifs is 1. The summed E-state index contributed by atoms with van der Waals surface area (Å²) in [5.74, 6) is 0. The lowest BCUT2D eigenvalue weighted by Crippen LogP contribution is -2.05. The predicted octanol–water partition coefficient (Wildman–Crippen LogP) is 2.79. The third-order valence-corrected chi connectivity index (χ3v) is 3.82. The van der Waals surface area contributed by atoms with E-state index in [1.165, 1.54) is 16.7 Å². The molecule has 0 atom stereocenters. The number of aromatic nitrogens is 1. The Hall–Kier alpha value is -2.38. The molecular formula is C17H18N4. The fourth-order valence-corrected chi connectivity index (χ4v) is 2.76. The summed E-state index contributed by atoms with van der Waals surface area (Å²) in [5.41, 5.74) is 7.17. The van der Waals surface area contributed by atoms with Crippen molar-refractivity contribution in [2.24, 2.45) is 0 Å². The molecule has 4 heteroatoms. The molecule has 106 valence electrons. The van der Waals surface area contributed by atoms with Gasteiger partial charge in [0.15, 0.2) is 0 Å². The molecule has 2 aromatic rings. The average molecular weight is 278 g/mol. The summed E-state index contributed by atoms with van der Waals surface area (Å²) in [6.07, 6.45) is 0. The Kier molecular flexibility index (Phi) is 3.59. The van der Waals surface area contributed by atoms with Gasteiger partial charge < -0.3 is 10.6 Å². The van der Waals surface area contributed by atoms with Crippen LogP contribution in [0.3, 0.4) is 0 Å². The fourth-order valence-electron chi connectivity index (χ4n) is 2.76. The minimum absolute atomic E-state index is 0.628. The highest BCUT2D eigenvalue weighted by Crippen LogP contribution is 2.21. The standard InChI is InChI=1S/C17H18N4/c1-11-5-17(16(7-18)12(2)21-11)20-8-13-3-4-14-9-19-10-15(14)6-13/h3-6,19H,8-10H2,1-2H3,(H,20,21). The van der Waals surface area contributed by atoms with Gasteiger partial charge in [-0.25, -0.2) is 0 Å². The van der Waals surface area contributed by atoms with Crippen molar-refractivity contribution in [2.75, 3.05) is 5.32 Å². The zero-order valence-electron chi connectivity index (χ0n) is 12.3. The van der Waals surface area contributed by atoms with Gasteiger partial charge in [-0.05, 0) is 36.6 Å². The van der Waals surface area contributed by atoms with Crippen molar-refractivity contribution in [3.05, 3.63) is 57.9 Å². The van der Waals surface area contributed by atoms with Crippen LogP contribution in [-0.4, -0.2) is 4.98 Å². The first-order valence-corrected chi connectivity index (χ1v) is 7.11. The van der Waals surface area contributed by atoms with Gasteiger partial charge in [-0.3, -0.25) is 4.98 Å². The Morgan fingerprint density at radius 3 is 2.86 bits per heavy atom. The molecule has 1 aromatic carbocycles. The van der Waals surface area contributed by atoms with E-state index < -0.39 is 0 Å². The maximum atomic E-state index is 9.28. The molecular weight excluding hydrogens is 260 g/mol. The van der Waals surface area contributed by atoms with Crippen LogP contribution in [-0.2, 0) is 19.6 Å². The molecule has 1 aliphatic rings. The second kappa shape index (κ2) is 5.55. The monoisotopic (exact) mass is 278 g/mol. The van der Waals surface area contributed by atoms with Crippen molar-refractivity contribution in [3.63, 3.8) is 0 Å². The quantitative estimate of drug-likeness (QED) is 0.906. The number of hydrogen-bond acceptors (Lipinski definition) is 4. The summed E-state index contributed by atoms with van der Waals surface area (Å²) in [6, 6.07) is 10.7. The van der Waals surface area contributed by atoms with Crippen LogP contribution in [0, 0.1) is 25.2 Å². The van der Waals surface area contributed by atoms with Crippen LogP contribution in [0.1, 0.15) is 33.6 Å². The number of hydrogen-bond donors (Lipinski definition) is 2. The molecule has 21 heavy (non-hydrogen) atoms. The van der Waals surface area contributed by atoms with Gasteiger partial charge in [0.1, 0.15) is 6.07 Å². The van der Waals surface area contributed by atoms with Gasteiger partial charge in [0.25, 0.3) is 0 Å². The van der Waals surface area contributed by atoms with Gasteiger partial charge in [0, 0.05) is 25.3 Å². The van der Waals surface area contributed by atoms with Gasteiger partial charge in [0.05, 0.1) is 16.9 Å². The molecule has 0 bridgehead atoms. The maximum absolute atomic E-state index is 9.28. The van der Waals surface area contributed by atoms with Crippen LogP contribution in [0.4, 0.5) is 5.69 Å². The van der Waals surface area contributed by atoms with Crippen molar-refractivity contribution in [1.82, 2.24) is 10.3 Å². The van der Waals surface area contributed by atoms with Crippen molar-refractivity contribution >= 4 is 5.69 Å². The lowest BCUT2D eigenvalue weighted by atomic mass is 10.1. The molecule has 0 unspecified atom stereocenters. The van der Waals surface area contributed by atoms with Gasteiger partial charge in [-0.1, -0.05) is 18.2 Å². The van der Waals surface area contributed by atoms with E-state index in [2.05, 4.69) is 39.9 Å². The van der Waals surface area contributed by atoms with Crippen LogP contribution in [0.2, 0.25) is 0 Å². The Labute approximate surface area is 124 Å². The first-order valence-electron chi connectivity index (χ1n) is 7.11. The summed E-state index contributed by atoms with van der Waals surface area (Å²) in [5, 5.41) is 16.0. The number of anilines is 1. The summed E-state index contributed by atoms with van der Waals surface area (Å²) in [4.78, 5) is 4.34. The highest BCUT2D eigenvalue weighted by molar-refractivity contribution is 5.60. The lowest BCUT2D eigenvalue weighted by molar-refractivity contribution is 0.764. The molecule has 0 saturated carbocycles. The SMILES string of the molecule is Cc1cc(NCc2ccc3c(c2)CNC3)c(C#N)c(C)n1. The summed E-state index contributed by atoms with van der Waals surface area (Å²) >= 11 is 0. The molecule has 1 aliphatic heterocycles. The van der Waals surface area contributed by atoms with E-state index in [-0.39, 0.29) is 0 Å². The Morgan fingerprint density at radius 2 is 2.05 bits per heavy atom. The molecule has 0 aliphatic carbocycles. The minimum atomic E-state index is 0.628. The van der Waals surface area contributed by atoms with Crippen molar-refractivity contribution in [2.45, 2.75) is 33.5 Å². The number of nitrogens with zero attached hydrogens (tertiary/aromatic N) is 2. The highest BCUT2D eigenvalue weighted by atomic mass is 14.9. The third kappa shape index (κ3) is 2.74. The zero-order valence-corrected chi connectivity index (χ0v) is 12.3. The summed E-state index contributed by atoms with van der Waals surface area (Å²) in [7, 11) is 0. The van der Waals surface area contributed by atoms with E-state index in [1.54, 1.807) is 0 Å². The maximum Gasteiger partial charge on any atom is 0.103 e. The second-order valence-corrected chi connectivity index (χ2v) is 5.44. The normalized spacial score (nSPS) is 12.8. The number of nitrogens with one attached hydrogen (secondary N) is 2. The zero-order chi connectivity index (χ0) is 14.8. The molecule has 4 nitrogen and oxygen atoms in total. The smallest absolute Gasteiger partial charge is 0.103 e. The summed E-state index contributed by atoms with van der Waals surface area (Å²) < 4.78 is 0. The second-order valence-electron chi connectivity index (χ2n) is 5.44. The first-order chi connectivity index (χ1) is 10.2. The lowest BCUT2D eigenvalue weighted by Gasteiger charge is -2.11. The number of rotatable bonds is 3. The molecule has 0 radical (unpaired) electrons. The predicted molar refractivity (Wildman–Crippen MR) is 82.7 cm³/mol. The van der Waals surface area contributed by atoms with Crippen LogP contribution < -0.4 is 10.6 Å². The largest absolute Gasteiger partial charge is 0.380 e. The van der Waals surface area contributed by atoms with E-state index in [0.717, 1.165) is 30.2 Å². The molecule has 3 rings (SSSR count). The van der Waals surface area contributed by atoms with E-state index in [4.69, 9.17) is 0 Å². The molecule has 0 fully saturated rings. The van der Waals surface area contributed by atoms with Crippen molar-refractivity contribution < 1.29 is 0 Å². The highest BCUT2D eigenvalue weighted by Gasteiger charge is 2.11. The first kappa shape index (κ1) is 13.6. The molecule has 2 heterocycles. The Bertz CT molecular complexity index is 728. The number of aryl methyl sites for hydroxylation is 2. The van der Waals surface area contributed by atoms with Crippen LogP contribution in [0.25, 0.3) is 0 Å². The van der Waals surface area contributed by atoms with E-state index in [1.807, 2.05) is 19.9 Å². The minimum Gasteiger partial charge on any atom is -0.380 e. The fraction of sp³-hybridized carbons (Fsp3) is 0.294. The number of benzene rings is 1. The molecule has 0 spiro atoms. The molecule has 0 amide bonds. The van der Waals surface area contributed by atoms with Gasteiger partial charge in [-0.15, -0.1) is 0 Å². The summed E-state index contributed by atoms with van der Waals surface area (Å²) in [6.45, 7) is 6.44. The Balaban J connectivity index is 1.81. The third-order valence-electron chi connectivity index (χ3n) is 3.82. The number of pyridine rings is 1. The van der Waals surface area contributed by atoms with Crippen LogP contribution in [0.15, 0.2) is 24.3 Å². The number of nitriles is 1. The topological polar surface area (TPSA) is 60.7 Å². The van der Waals surface area contributed by atoms with Gasteiger partial charge >= 0.3 is 0 Å². The Morgan fingerprint density at radius 1 is 1.24 bits per heavy atom. The van der Waals surface area contributed by atoms with Gasteiger partial charge in [-0.2, -0.15) is 5.26 Å². The van der Waals surface area contributed by atoms with E-state index in [0.29, 0.717) is 12.1 Å². The van der Waals surface area contributed by atoms with E-state index >= 15 is 0 Å². The average Bonchev–Trinajstić information content (AvgIpc) is 2.92. The van der Waals surface area contributed by atoms with Crippen LogP contribution >= 0.6 is 0 Å². The van der Waals surface area contributed by atoms with Crippen molar-refractivity contribution in [3.8, 4) is 6.07 Å². The van der Waals surface area contributed by atoms with Gasteiger partial charge in [0.2, 0.25) is 0 Å².